The quantitative estimate of drug-likeness (QED) is 0.337. The van der Waals surface area contributed by atoms with Gasteiger partial charge in [0.2, 0.25) is 0 Å². The lowest BCUT2D eigenvalue weighted by Gasteiger charge is -2.43. The smallest absolute Gasteiger partial charge is 0.137 e. The number of pyridine rings is 3. The lowest BCUT2D eigenvalue weighted by molar-refractivity contribution is 0.169. The van der Waals surface area contributed by atoms with Gasteiger partial charge in [-0.05, 0) is 81.9 Å². The van der Waals surface area contributed by atoms with Crippen LogP contribution in [0.25, 0.3) is 38.9 Å². The Balaban J connectivity index is 1.33. The third-order valence-electron chi connectivity index (χ3n) is 7.45. The molecule has 0 saturated carbocycles. The molecule has 6 rings (SSSR count). The Labute approximate surface area is 210 Å². The Morgan fingerprint density at radius 1 is 0.889 bits per heavy atom. The molecule has 0 aliphatic carbocycles. The standard InChI is InChI=1S/C29H29FN6/c1-18-11-25(24-13-23(30)6-7-26(24)33-18)27-15-32-29-12-21(9-10-36(27)29)22-5-8-28(31-14-22)35-16-19(2)34(4)20(3)17-35/h5-15,19-20H,16-17H2,1-4H3/t19-,20+. The molecule has 0 bridgehead atoms. The molecule has 0 amide bonds. The van der Waals surface area contributed by atoms with E-state index in [1.807, 2.05) is 36.0 Å². The molecule has 0 unspecified atom stereocenters. The van der Waals surface area contributed by atoms with E-state index in [1.165, 1.54) is 6.07 Å². The number of piperazine rings is 1. The highest BCUT2D eigenvalue weighted by molar-refractivity contribution is 5.94. The number of rotatable bonds is 3. The summed E-state index contributed by atoms with van der Waals surface area (Å²) in [5.41, 5.74) is 6.41. The van der Waals surface area contributed by atoms with Crippen LogP contribution in [0.15, 0.2) is 67.1 Å². The number of aromatic nitrogens is 4. The molecule has 1 fully saturated rings. The van der Waals surface area contributed by atoms with Gasteiger partial charge in [-0.2, -0.15) is 0 Å². The van der Waals surface area contributed by atoms with Crippen LogP contribution in [0.4, 0.5) is 10.2 Å². The Bertz CT molecular complexity index is 1560. The van der Waals surface area contributed by atoms with Crippen molar-refractivity contribution in [1.82, 2.24) is 24.3 Å². The van der Waals surface area contributed by atoms with Crippen LogP contribution in [0.5, 0.6) is 0 Å². The summed E-state index contributed by atoms with van der Waals surface area (Å²) in [7, 11) is 2.19. The molecule has 2 atom stereocenters. The molecule has 5 heterocycles. The van der Waals surface area contributed by atoms with Crippen molar-refractivity contribution < 1.29 is 4.39 Å². The van der Waals surface area contributed by atoms with E-state index in [0.29, 0.717) is 12.1 Å². The fraction of sp³-hybridized carbons (Fsp3) is 0.276. The van der Waals surface area contributed by atoms with Crippen LogP contribution in [0.2, 0.25) is 0 Å². The zero-order valence-corrected chi connectivity index (χ0v) is 21.0. The van der Waals surface area contributed by atoms with Crippen molar-refractivity contribution >= 4 is 22.4 Å². The summed E-state index contributed by atoms with van der Waals surface area (Å²) in [6.45, 7) is 8.43. The minimum Gasteiger partial charge on any atom is -0.354 e. The van der Waals surface area contributed by atoms with Gasteiger partial charge in [-0.1, -0.05) is 0 Å². The predicted octanol–water partition coefficient (Wildman–Crippen LogP) is 5.59. The second-order valence-corrected chi connectivity index (χ2v) is 9.93. The van der Waals surface area contributed by atoms with Crippen molar-refractivity contribution in [3.63, 3.8) is 0 Å². The third kappa shape index (κ3) is 3.89. The summed E-state index contributed by atoms with van der Waals surface area (Å²) < 4.78 is 16.1. The second-order valence-electron chi connectivity index (χ2n) is 9.93. The molecule has 0 spiro atoms. The van der Waals surface area contributed by atoms with Gasteiger partial charge in [0.05, 0.1) is 17.4 Å². The molecule has 0 N–H and O–H groups in total. The van der Waals surface area contributed by atoms with Gasteiger partial charge in [0.25, 0.3) is 0 Å². The van der Waals surface area contributed by atoms with Gasteiger partial charge in [-0.3, -0.25) is 14.3 Å². The van der Waals surface area contributed by atoms with Gasteiger partial charge in [0.15, 0.2) is 0 Å². The maximum atomic E-state index is 14.1. The van der Waals surface area contributed by atoms with Crippen molar-refractivity contribution in [3.05, 3.63) is 78.6 Å². The fourth-order valence-electron chi connectivity index (χ4n) is 5.24. The summed E-state index contributed by atoms with van der Waals surface area (Å²) in [4.78, 5) is 18.8. The molecule has 1 aromatic carbocycles. The molecule has 1 aliphatic rings. The van der Waals surface area contributed by atoms with Gasteiger partial charge in [0.1, 0.15) is 17.3 Å². The van der Waals surface area contributed by atoms with E-state index in [1.54, 1.807) is 12.1 Å². The van der Waals surface area contributed by atoms with Crippen molar-refractivity contribution in [2.75, 3.05) is 25.0 Å². The van der Waals surface area contributed by atoms with E-state index in [9.17, 15) is 4.39 Å². The fourth-order valence-corrected chi connectivity index (χ4v) is 5.24. The normalized spacial score (nSPS) is 18.9. The highest BCUT2D eigenvalue weighted by Gasteiger charge is 2.27. The van der Waals surface area contributed by atoms with Crippen molar-refractivity contribution in [1.29, 1.82) is 0 Å². The molecule has 36 heavy (non-hydrogen) atoms. The molecular formula is C29H29FN6. The van der Waals surface area contributed by atoms with E-state index in [-0.39, 0.29) is 5.82 Å². The number of anilines is 1. The van der Waals surface area contributed by atoms with E-state index in [4.69, 9.17) is 4.98 Å². The maximum absolute atomic E-state index is 14.1. The van der Waals surface area contributed by atoms with Gasteiger partial charge >= 0.3 is 0 Å². The number of likely N-dealkylation sites (N-methyl/N-ethyl adjacent to an activating group) is 1. The van der Waals surface area contributed by atoms with Crippen molar-refractivity contribution in [3.8, 4) is 22.4 Å². The van der Waals surface area contributed by atoms with E-state index < -0.39 is 0 Å². The van der Waals surface area contributed by atoms with Crippen LogP contribution in [-0.2, 0) is 0 Å². The number of imidazole rings is 1. The SMILES string of the molecule is Cc1cc(-c2cnc3cc(-c4ccc(N5C[C@@H](C)N(C)[C@@H](C)C5)nc4)ccn23)c2cc(F)ccc2n1. The average molecular weight is 481 g/mol. The molecule has 5 aromatic rings. The monoisotopic (exact) mass is 480 g/mol. The first-order valence-electron chi connectivity index (χ1n) is 12.3. The first-order chi connectivity index (χ1) is 17.4. The largest absolute Gasteiger partial charge is 0.354 e. The number of benzene rings is 1. The zero-order chi connectivity index (χ0) is 25.0. The zero-order valence-electron chi connectivity index (χ0n) is 21.0. The first kappa shape index (κ1) is 22.6. The summed E-state index contributed by atoms with van der Waals surface area (Å²) in [6, 6.07) is 16.1. The van der Waals surface area contributed by atoms with Crippen LogP contribution in [0.1, 0.15) is 19.5 Å². The van der Waals surface area contributed by atoms with Crippen LogP contribution in [0.3, 0.4) is 0 Å². The second kappa shape index (κ2) is 8.68. The Morgan fingerprint density at radius 3 is 2.44 bits per heavy atom. The number of hydrogen-bond acceptors (Lipinski definition) is 5. The number of hydrogen-bond donors (Lipinski definition) is 0. The topological polar surface area (TPSA) is 49.6 Å². The molecule has 182 valence electrons. The lowest BCUT2D eigenvalue weighted by atomic mass is 10.0. The first-order valence-corrected chi connectivity index (χ1v) is 12.3. The van der Waals surface area contributed by atoms with Gasteiger partial charge in [-0.25, -0.2) is 14.4 Å². The number of halogens is 1. The molecule has 4 aromatic heterocycles. The molecule has 7 heteroatoms. The lowest BCUT2D eigenvalue weighted by Crippen LogP contribution is -2.55. The summed E-state index contributed by atoms with van der Waals surface area (Å²) in [5, 5.41) is 0.777. The van der Waals surface area contributed by atoms with Crippen LogP contribution >= 0.6 is 0 Å². The minimum atomic E-state index is -0.276. The molecular weight excluding hydrogens is 451 g/mol. The third-order valence-corrected chi connectivity index (χ3v) is 7.45. The van der Waals surface area contributed by atoms with Crippen LogP contribution in [0, 0.1) is 12.7 Å². The average Bonchev–Trinajstić information content (AvgIpc) is 3.30. The van der Waals surface area contributed by atoms with Crippen molar-refractivity contribution in [2.45, 2.75) is 32.9 Å². The van der Waals surface area contributed by atoms with Gasteiger partial charge in [0, 0.05) is 59.8 Å². The minimum absolute atomic E-state index is 0.276. The van der Waals surface area contributed by atoms with Gasteiger partial charge in [-0.15, -0.1) is 0 Å². The Hall–Kier alpha value is -3.84. The van der Waals surface area contributed by atoms with Crippen LogP contribution in [-0.4, -0.2) is 56.5 Å². The number of aryl methyl sites for hydroxylation is 1. The van der Waals surface area contributed by atoms with E-state index in [2.05, 4.69) is 64.9 Å². The van der Waals surface area contributed by atoms with Crippen LogP contribution < -0.4 is 4.90 Å². The van der Waals surface area contributed by atoms with Crippen molar-refractivity contribution in [2.24, 2.45) is 0 Å². The predicted molar refractivity (Wildman–Crippen MR) is 143 cm³/mol. The van der Waals surface area contributed by atoms with E-state index in [0.717, 1.165) is 63.5 Å². The van der Waals surface area contributed by atoms with E-state index >= 15 is 0 Å². The summed E-state index contributed by atoms with van der Waals surface area (Å²) in [5.74, 6) is 0.740. The highest BCUT2D eigenvalue weighted by Crippen LogP contribution is 2.31. The maximum Gasteiger partial charge on any atom is 0.137 e. The molecule has 0 radical (unpaired) electrons. The number of nitrogens with zero attached hydrogens (tertiary/aromatic N) is 6. The molecule has 6 nitrogen and oxygen atoms in total. The Kier molecular flexibility index (Phi) is 5.45. The van der Waals surface area contributed by atoms with Gasteiger partial charge < -0.3 is 4.90 Å². The molecule has 1 saturated heterocycles. The molecule has 1 aliphatic heterocycles. The summed E-state index contributed by atoms with van der Waals surface area (Å²) in [6.07, 6.45) is 5.81. The summed E-state index contributed by atoms with van der Waals surface area (Å²) >= 11 is 0. The highest BCUT2D eigenvalue weighted by atomic mass is 19.1. The number of fused-ring (bicyclic) bond motifs is 2. The Morgan fingerprint density at radius 2 is 1.69 bits per heavy atom.